The molecule has 2 amide bonds. The number of nitrogens with zero attached hydrogens (tertiary/aromatic N) is 2. The summed E-state index contributed by atoms with van der Waals surface area (Å²) in [7, 11) is -2.85. The molecule has 0 saturated carbocycles. The van der Waals surface area contributed by atoms with Crippen molar-refractivity contribution in [2.45, 2.75) is 4.90 Å². The Morgan fingerprint density at radius 2 is 1.69 bits per heavy atom. The lowest BCUT2D eigenvalue weighted by molar-refractivity contribution is -0.127. The summed E-state index contributed by atoms with van der Waals surface area (Å²) >= 11 is 0. The molecule has 11 heteroatoms. The van der Waals surface area contributed by atoms with Crippen LogP contribution in [0.5, 0.6) is 5.75 Å². The Labute approximate surface area is 184 Å². The highest BCUT2D eigenvalue weighted by atomic mass is 32.2. The van der Waals surface area contributed by atoms with E-state index in [0.29, 0.717) is 11.4 Å². The predicted molar refractivity (Wildman–Crippen MR) is 116 cm³/mol. The number of methoxy groups -OCH3 is 1. The van der Waals surface area contributed by atoms with Crippen molar-refractivity contribution in [3.8, 4) is 5.75 Å². The van der Waals surface area contributed by atoms with E-state index in [1.807, 2.05) is 0 Å². The number of carbonyl (C=O) groups excluding carboxylic acids is 2. The maximum Gasteiger partial charge on any atom is 0.264 e. The van der Waals surface area contributed by atoms with E-state index in [2.05, 4.69) is 10.3 Å². The fourth-order valence-electron chi connectivity index (χ4n) is 2.86. The molecule has 0 saturated heterocycles. The van der Waals surface area contributed by atoms with Crippen LogP contribution in [0.1, 0.15) is 10.4 Å². The minimum Gasteiger partial charge on any atom is -0.497 e. The van der Waals surface area contributed by atoms with Gasteiger partial charge >= 0.3 is 0 Å². The van der Waals surface area contributed by atoms with Crippen molar-refractivity contribution in [3.63, 3.8) is 0 Å². The zero-order valence-electron chi connectivity index (χ0n) is 16.9. The molecule has 0 bridgehead atoms. The lowest BCUT2D eigenvalue weighted by Crippen LogP contribution is -2.40. The number of amides is 2. The van der Waals surface area contributed by atoms with Crippen molar-refractivity contribution in [2.75, 3.05) is 23.3 Å². The molecule has 0 atom stereocenters. The van der Waals surface area contributed by atoms with Crippen LogP contribution in [0.25, 0.3) is 0 Å². The summed E-state index contributed by atoms with van der Waals surface area (Å²) in [4.78, 5) is 28.6. The maximum absolute atomic E-state index is 13.4. The van der Waals surface area contributed by atoms with Crippen LogP contribution < -0.4 is 19.8 Å². The highest BCUT2D eigenvalue weighted by Gasteiger charge is 2.30. The molecule has 0 radical (unpaired) electrons. The number of rotatable bonds is 8. The van der Waals surface area contributed by atoms with Gasteiger partial charge in [-0.3, -0.25) is 24.1 Å². The fraction of sp³-hybridized carbons (Fsp3) is 0.0952. The van der Waals surface area contributed by atoms with Gasteiger partial charge in [0.05, 0.1) is 23.3 Å². The Kier molecular flexibility index (Phi) is 7.03. The van der Waals surface area contributed by atoms with Crippen LogP contribution in [0.15, 0.2) is 78.0 Å². The molecule has 0 unspecified atom stereocenters. The smallest absolute Gasteiger partial charge is 0.264 e. The van der Waals surface area contributed by atoms with Crippen LogP contribution in [-0.2, 0) is 14.8 Å². The van der Waals surface area contributed by atoms with E-state index in [0.717, 1.165) is 4.31 Å². The van der Waals surface area contributed by atoms with Gasteiger partial charge in [-0.15, -0.1) is 0 Å². The van der Waals surface area contributed by atoms with E-state index >= 15 is 0 Å². The van der Waals surface area contributed by atoms with Crippen molar-refractivity contribution < 1.29 is 28.0 Å². The molecule has 10 nitrogen and oxygen atoms in total. The SMILES string of the molecule is COc1ccc(S(=O)(=O)N(CC(=O)NO)c2ccccc2C(=O)Nc2ccncc2)cc1. The number of anilines is 2. The third kappa shape index (κ3) is 5.02. The van der Waals surface area contributed by atoms with Gasteiger partial charge in [-0.1, -0.05) is 12.1 Å². The number of ether oxygens (including phenoxy) is 1. The topological polar surface area (TPSA) is 138 Å². The molecule has 0 aliphatic heterocycles. The van der Waals surface area contributed by atoms with Crippen molar-refractivity contribution in [1.82, 2.24) is 10.5 Å². The second kappa shape index (κ2) is 9.90. The van der Waals surface area contributed by atoms with Gasteiger partial charge in [0.15, 0.2) is 0 Å². The zero-order valence-corrected chi connectivity index (χ0v) is 17.7. The largest absolute Gasteiger partial charge is 0.497 e. The molecule has 32 heavy (non-hydrogen) atoms. The number of nitrogens with one attached hydrogen (secondary N) is 2. The van der Waals surface area contributed by atoms with Crippen LogP contribution in [-0.4, -0.2) is 44.1 Å². The first kappa shape index (κ1) is 22.7. The number of hydrogen-bond donors (Lipinski definition) is 3. The molecule has 0 fully saturated rings. The average Bonchev–Trinajstić information content (AvgIpc) is 2.82. The van der Waals surface area contributed by atoms with E-state index in [1.54, 1.807) is 18.2 Å². The number of hydrogen-bond acceptors (Lipinski definition) is 7. The molecule has 166 valence electrons. The van der Waals surface area contributed by atoms with Crippen LogP contribution in [0.2, 0.25) is 0 Å². The van der Waals surface area contributed by atoms with E-state index in [-0.39, 0.29) is 16.1 Å². The number of hydroxylamine groups is 1. The first-order valence-electron chi connectivity index (χ1n) is 9.27. The third-order valence-corrected chi connectivity index (χ3v) is 6.19. The molecular weight excluding hydrogens is 436 g/mol. The summed E-state index contributed by atoms with van der Waals surface area (Å²) in [6, 6.07) is 14.6. The molecule has 1 heterocycles. The standard InChI is InChI=1S/C21H20N4O6S/c1-31-16-6-8-17(9-7-16)32(29,30)25(14-20(26)24-28)19-5-3-2-4-18(19)21(27)23-15-10-12-22-13-11-15/h2-13,28H,14H2,1H3,(H,24,26)(H,22,23,27). The molecule has 3 rings (SSSR count). The van der Waals surface area contributed by atoms with Gasteiger partial charge in [-0.05, 0) is 48.5 Å². The normalized spacial score (nSPS) is 10.8. The highest BCUT2D eigenvalue weighted by Crippen LogP contribution is 2.28. The Balaban J connectivity index is 2.06. The summed E-state index contributed by atoms with van der Waals surface area (Å²) < 4.78 is 32.6. The van der Waals surface area contributed by atoms with Gasteiger partial charge in [0, 0.05) is 18.1 Å². The fourth-order valence-corrected chi connectivity index (χ4v) is 4.30. The number of sulfonamides is 1. The second-order valence-corrected chi connectivity index (χ2v) is 8.29. The van der Waals surface area contributed by atoms with Gasteiger partial charge in [-0.25, -0.2) is 13.9 Å². The lowest BCUT2D eigenvalue weighted by Gasteiger charge is -2.25. The van der Waals surface area contributed by atoms with E-state index < -0.39 is 28.4 Å². The summed E-state index contributed by atoms with van der Waals surface area (Å²) in [5, 5.41) is 11.6. The van der Waals surface area contributed by atoms with Crippen molar-refractivity contribution in [3.05, 3.63) is 78.6 Å². The van der Waals surface area contributed by atoms with Gasteiger partial charge in [0.2, 0.25) is 0 Å². The van der Waals surface area contributed by atoms with Crippen LogP contribution in [0.4, 0.5) is 11.4 Å². The molecule has 0 spiro atoms. The third-order valence-electron chi connectivity index (χ3n) is 4.41. The Hall–Kier alpha value is -3.96. The molecule has 3 aromatic rings. The van der Waals surface area contributed by atoms with Gasteiger partial charge in [-0.2, -0.15) is 0 Å². The predicted octanol–water partition coefficient (Wildman–Crippen LogP) is 2.04. The summed E-state index contributed by atoms with van der Waals surface area (Å²) in [5.74, 6) is -1.13. The zero-order chi connectivity index (χ0) is 23.1. The number of benzene rings is 2. The van der Waals surface area contributed by atoms with E-state index in [1.165, 1.54) is 67.4 Å². The number of carbonyl (C=O) groups is 2. The summed E-state index contributed by atoms with van der Waals surface area (Å²) in [6.45, 7) is -0.760. The van der Waals surface area contributed by atoms with Gasteiger partial charge < -0.3 is 10.1 Å². The molecule has 0 aliphatic carbocycles. The summed E-state index contributed by atoms with van der Waals surface area (Å²) in [6.07, 6.45) is 2.99. The first-order chi connectivity index (χ1) is 15.4. The Morgan fingerprint density at radius 1 is 1.03 bits per heavy atom. The van der Waals surface area contributed by atoms with Crippen molar-refractivity contribution >= 4 is 33.2 Å². The minimum absolute atomic E-state index is 0.00661. The van der Waals surface area contributed by atoms with Crippen LogP contribution in [0, 0.1) is 0 Å². The lowest BCUT2D eigenvalue weighted by atomic mass is 10.1. The average molecular weight is 456 g/mol. The summed E-state index contributed by atoms with van der Waals surface area (Å²) in [5.41, 5.74) is 1.84. The Morgan fingerprint density at radius 3 is 2.31 bits per heavy atom. The van der Waals surface area contributed by atoms with Gasteiger partial charge in [0.1, 0.15) is 12.3 Å². The molecule has 0 aliphatic rings. The molecule has 3 N–H and O–H groups in total. The van der Waals surface area contributed by atoms with E-state index in [9.17, 15) is 18.0 Å². The van der Waals surface area contributed by atoms with Crippen LogP contribution in [0.3, 0.4) is 0 Å². The highest BCUT2D eigenvalue weighted by molar-refractivity contribution is 7.92. The first-order valence-corrected chi connectivity index (χ1v) is 10.7. The van der Waals surface area contributed by atoms with E-state index in [4.69, 9.17) is 9.94 Å². The Bertz CT molecular complexity index is 1200. The number of para-hydroxylation sites is 1. The van der Waals surface area contributed by atoms with Gasteiger partial charge in [0.25, 0.3) is 21.8 Å². The quantitative estimate of drug-likeness (QED) is 0.348. The number of pyridine rings is 1. The maximum atomic E-state index is 13.4. The minimum atomic E-state index is -4.30. The second-order valence-electron chi connectivity index (χ2n) is 6.43. The van der Waals surface area contributed by atoms with Crippen molar-refractivity contribution in [2.24, 2.45) is 0 Å². The monoisotopic (exact) mass is 456 g/mol. The molecule has 1 aromatic heterocycles. The molecular formula is C21H20N4O6S. The van der Waals surface area contributed by atoms with Crippen molar-refractivity contribution in [1.29, 1.82) is 0 Å². The number of aromatic nitrogens is 1. The van der Waals surface area contributed by atoms with Crippen LogP contribution >= 0.6 is 0 Å². The molecule has 2 aromatic carbocycles.